The van der Waals surface area contributed by atoms with Crippen molar-refractivity contribution in [1.29, 1.82) is 0 Å². The van der Waals surface area contributed by atoms with E-state index >= 15 is 0 Å². The fourth-order valence-electron chi connectivity index (χ4n) is 6.93. The number of hydrogen-bond acceptors (Lipinski definition) is 3. The van der Waals surface area contributed by atoms with Gasteiger partial charge < -0.3 is 13.4 Å². The minimum absolute atomic E-state index is 0.924. The summed E-state index contributed by atoms with van der Waals surface area (Å²) in [4.78, 5) is 15.1. The standard InChI is InChI=1S/C43H28N6/c1-3-11-29(12-4-1)36-25-33(26-37(44-36)30-13-5-2-6-14-30)49-40-19-17-31(38-27-47-21-9-7-15-42(47)45-38)23-34(40)35-24-32(18-20-41(35)49)39-28-48-22-10-8-16-43(48)46-39/h1-28H. The molecule has 4 aromatic carbocycles. The van der Waals surface area contributed by atoms with Crippen molar-refractivity contribution in [2.24, 2.45) is 0 Å². The number of pyridine rings is 3. The topological polar surface area (TPSA) is 52.4 Å². The largest absolute Gasteiger partial charge is 0.309 e. The van der Waals surface area contributed by atoms with E-state index in [1.807, 2.05) is 60.9 Å². The van der Waals surface area contributed by atoms with Crippen molar-refractivity contribution in [1.82, 2.24) is 28.3 Å². The van der Waals surface area contributed by atoms with E-state index in [0.717, 1.165) is 83.8 Å². The van der Waals surface area contributed by atoms with Crippen LogP contribution in [0.1, 0.15) is 0 Å². The van der Waals surface area contributed by atoms with Gasteiger partial charge in [-0.25, -0.2) is 15.0 Å². The summed E-state index contributed by atoms with van der Waals surface area (Å²) < 4.78 is 6.50. The molecule has 0 atom stereocenters. The van der Waals surface area contributed by atoms with Crippen LogP contribution < -0.4 is 0 Å². The lowest BCUT2D eigenvalue weighted by atomic mass is 10.0. The molecule has 0 spiro atoms. The van der Waals surface area contributed by atoms with Crippen LogP contribution in [0, 0.1) is 0 Å². The highest BCUT2D eigenvalue weighted by molar-refractivity contribution is 6.11. The molecule has 0 aliphatic heterocycles. The summed E-state index contributed by atoms with van der Waals surface area (Å²) in [6.07, 6.45) is 8.27. The molecule has 0 N–H and O–H groups in total. The van der Waals surface area contributed by atoms with Crippen LogP contribution in [-0.2, 0) is 0 Å². The van der Waals surface area contributed by atoms with Crippen LogP contribution in [0.5, 0.6) is 0 Å². The van der Waals surface area contributed by atoms with Gasteiger partial charge in [-0.1, -0.05) is 84.9 Å². The van der Waals surface area contributed by atoms with Crippen LogP contribution in [0.4, 0.5) is 0 Å². The van der Waals surface area contributed by atoms with Gasteiger partial charge in [0.1, 0.15) is 11.3 Å². The summed E-state index contributed by atoms with van der Waals surface area (Å²) >= 11 is 0. The van der Waals surface area contributed by atoms with Crippen LogP contribution in [0.2, 0.25) is 0 Å². The van der Waals surface area contributed by atoms with Gasteiger partial charge in [-0.05, 0) is 60.7 Å². The number of fused-ring (bicyclic) bond motifs is 5. The van der Waals surface area contributed by atoms with Crippen LogP contribution in [0.15, 0.2) is 170 Å². The van der Waals surface area contributed by atoms with Gasteiger partial charge in [0.25, 0.3) is 0 Å². The third-order valence-corrected chi connectivity index (χ3v) is 9.29. The van der Waals surface area contributed by atoms with Gasteiger partial charge in [0, 0.05) is 57.8 Å². The maximum atomic E-state index is 5.16. The summed E-state index contributed by atoms with van der Waals surface area (Å²) in [6, 6.07) is 50.8. The summed E-state index contributed by atoms with van der Waals surface area (Å²) in [5.74, 6) is 0. The Morgan fingerprint density at radius 1 is 0.367 bits per heavy atom. The quantitative estimate of drug-likeness (QED) is 0.191. The molecule has 0 aliphatic carbocycles. The first-order chi connectivity index (χ1) is 24.2. The second kappa shape index (κ2) is 10.9. The van der Waals surface area contributed by atoms with Crippen molar-refractivity contribution in [2.45, 2.75) is 0 Å². The maximum absolute atomic E-state index is 5.16. The third kappa shape index (κ3) is 4.61. The first-order valence-electron chi connectivity index (χ1n) is 16.3. The second-order valence-electron chi connectivity index (χ2n) is 12.3. The average Bonchev–Trinajstić information content (AvgIpc) is 3.89. The molecule has 230 valence electrons. The molecule has 0 aliphatic rings. The number of rotatable bonds is 5. The predicted octanol–water partition coefficient (Wildman–Crippen LogP) is 10.1. The molecule has 0 amide bonds. The minimum atomic E-state index is 0.924. The highest BCUT2D eigenvalue weighted by Crippen LogP contribution is 2.38. The van der Waals surface area contributed by atoms with E-state index in [-0.39, 0.29) is 0 Å². The van der Waals surface area contributed by atoms with Crippen LogP contribution >= 0.6 is 0 Å². The highest BCUT2D eigenvalue weighted by Gasteiger charge is 2.18. The van der Waals surface area contributed by atoms with Crippen molar-refractivity contribution < 1.29 is 0 Å². The molecule has 49 heavy (non-hydrogen) atoms. The Hall–Kier alpha value is -6.79. The van der Waals surface area contributed by atoms with Gasteiger partial charge in [0.05, 0.1) is 39.5 Å². The van der Waals surface area contributed by atoms with Gasteiger partial charge in [-0.3, -0.25) is 0 Å². The van der Waals surface area contributed by atoms with E-state index in [1.54, 1.807) is 0 Å². The van der Waals surface area contributed by atoms with Gasteiger partial charge in [0.15, 0.2) is 0 Å². The summed E-state index contributed by atoms with van der Waals surface area (Å²) in [5, 5.41) is 2.30. The van der Waals surface area contributed by atoms with Gasteiger partial charge in [0.2, 0.25) is 0 Å². The predicted molar refractivity (Wildman–Crippen MR) is 198 cm³/mol. The Morgan fingerprint density at radius 3 is 1.31 bits per heavy atom. The third-order valence-electron chi connectivity index (χ3n) is 9.29. The average molecular weight is 629 g/mol. The van der Waals surface area contributed by atoms with Crippen molar-refractivity contribution in [3.63, 3.8) is 0 Å². The Kier molecular flexibility index (Phi) is 6.08. The van der Waals surface area contributed by atoms with Crippen LogP contribution in [-0.4, -0.2) is 28.3 Å². The van der Waals surface area contributed by atoms with Gasteiger partial charge >= 0.3 is 0 Å². The number of benzene rings is 4. The van der Waals surface area contributed by atoms with E-state index in [9.17, 15) is 0 Å². The zero-order valence-corrected chi connectivity index (χ0v) is 26.3. The molecule has 0 bridgehead atoms. The molecular weight excluding hydrogens is 601 g/mol. The van der Waals surface area contributed by atoms with Crippen LogP contribution in [0.25, 0.3) is 83.8 Å². The Morgan fingerprint density at radius 2 is 0.837 bits per heavy atom. The van der Waals surface area contributed by atoms with Gasteiger partial charge in [-0.15, -0.1) is 0 Å². The van der Waals surface area contributed by atoms with Gasteiger partial charge in [-0.2, -0.15) is 0 Å². The molecule has 0 fully saturated rings. The van der Waals surface area contributed by atoms with Crippen molar-refractivity contribution in [3.05, 3.63) is 170 Å². The summed E-state index contributed by atoms with van der Waals surface area (Å²) in [5.41, 5.74) is 13.1. The number of nitrogens with zero attached hydrogens (tertiary/aromatic N) is 6. The fraction of sp³-hybridized carbons (Fsp3) is 0. The second-order valence-corrected chi connectivity index (χ2v) is 12.3. The van der Waals surface area contributed by atoms with E-state index < -0.39 is 0 Å². The molecule has 6 heteroatoms. The SMILES string of the molecule is c1ccc(-c2cc(-n3c4ccc(-c5cn6ccccc6n5)cc4c4cc(-c5cn6ccccc6n5)ccc43)cc(-c3ccccc3)n2)cc1. The Labute approximate surface area is 281 Å². The monoisotopic (exact) mass is 628 g/mol. The molecular formula is C43H28N6. The number of imidazole rings is 2. The molecule has 0 radical (unpaired) electrons. The van der Waals surface area contributed by atoms with E-state index in [1.165, 1.54) is 0 Å². The normalized spacial score (nSPS) is 11.7. The molecule has 10 rings (SSSR count). The highest BCUT2D eigenvalue weighted by atomic mass is 15.0. The zero-order chi connectivity index (χ0) is 32.3. The number of hydrogen-bond donors (Lipinski definition) is 0. The first kappa shape index (κ1) is 27.3. The van der Waals surface area contributed by atoms with E-state index in [2.05, 4.69) is 123 Å². The maximum Gasteiger partial charge on any atom is 0.137 e. The van der Waals surface area contributed by atoms with E-state index in [4.69, 9.17) is 15.0 Å². The molecule has 6 nitrogen and oxygen atoms in total. The van der Waals surface area contributed by atoms with Crippen molar-refractivity contribution in [3.8, 4) is 50.7 Å². The number of aromatic nitrogens is 6. The van der Waals surface area contributed by atoms with E-state index in [0.29, 0.717) is 0 Å². The molecule has 10 aromatic rings. The van der Waals surface area contributed by atoms with Crippen molar-refractivity contribution >= 4 is 33.1 Å². The molecule has 0 unspecified atom stereocenters. The summed E-state index contributed by atoms with van der Waals surface area (Å²) in [6.45, 7) is 0. The Balaban J connectivity index is 1.24. The molecule has 0 saturated carbocycles. The molecule has 6 aromatic heterocycles. The molecule has 6 heterocycles. The lowest BCUT2D eigenvalue weighted by Crippen LogP contribution is -1.98. The first-order valence-corrected chi connectivity index (χ1v) is 16.3. The fourth-order valence-corrected chi connectivity index (χ4v) is 6.93. The zero-order valence-electron chi connectivity index (χ0n) is 26.3. The lowest BCUT2D eigenvalue weighted by molar-refractivity contribution is 1.16. The summed E-state index contributed by atoms with van der Waals surface area (Å²) in [7, 11) is 0. The smallest absolute Gasteiger partial charge is 0.137 e. The Bertz CT molecular complexity index is 2570. The van der Waals surface area contributed by atoms with Crippen LogP contribution in [0.3, 0.4) is 0 Å². The molecule has 0 saturated heterocycles. The minimum Gasteiger partial charge on any atom is -0.309 e. The van der Waals surface area contributed by atoms with Crippen molar-refractivity contribution in [2.75, 3.05) is 0 Å². The lowest BCUT2D eigenvalue weighted by Gasteiger charge is -2.13.